The van der Waals surface area contributed by atoms with Crippen LogP contribution in [-0.4, -0.2) is 43.3 Å². The van der Waals surface area contributed by atoms with E-state index in [9.17, 15) is 21.6 Å². The maximum atomic E-state index is 13.5. The van der Waals surface area contributed by atoms with Gasteiger partial charge in [0.15, 0.2) is 0 Å². The lowest BCUT2D eigenvalue weighted by Crippen LogP contribution is -2.32. The van der Waals surface area contributed by atoms with Crippen LogP contribution in [0.1, 0.15) is 25.3 Å². The van der Waals surface area contributed by atoms with Gasteiger partial charge in [-0.15, -0.1) is 0 Å². The first kappa shape index (κ1) is 23.6. The maximum Gasteiger partial charge on any atom is 0.406 e. The molecule has 2 heterocycles. The summed E-state index contributed by atoms with van der Waals surface area (Å²) in [6.07, 6.45) is -3.39. The van der Waals surface area contributed by atoms with Crippen molar-refractivity contribution in [3.63, 3.8) is 0 Å². The summed E-state index contributed by atoms with van der Waals surface area (Å²) >= 11 is 0. The summed E-state index contributed by atoms with van der Waals surface area (Å²) in [5.41, 5.74) is 3.49. The lowest BCUT2D eigenvalue weighted by Gasteiger charge is -2.24. The predicted octanol–water partition coefficient (Wildman–Crippen LogP) is 4.97. The maximum absolute atomic E-state index is 13.5. The van der Waals surface area contributed by atoms with Crippen LogP contribution in [0.15, 0.2) is 48.5 Å². The fourth-order valence-corrected chi connectivity index (χ4v) is 5.81. The van der Waals surface area contributed by atoms with Crippen molar-refractivity contribution < 1.29 is 21.6 Å². The number of rotatable bonds is 7. The third kappa shape index (κ3) is 5.70. The SMILES string of the molecule is CCNCc1ccc(-c2cc3c(NC4CCS(=O)(=O)CC4)cccc3n2CC(F)(F)F)cc1. The Kier molecular flexibility index (Phi) is 6.72. The minimum atomic E-state index is -4.37. The minimum Gasteiger partial charge on any atom is -0.382 e. The molecule has 0 unspecified atom stereocenters. The predicted molar refractivity (Wildman–Crippen MR) is 126 cm³/mol. The van der Waals surface area contributed by atoms with Gasteiger partial charge in [-0.1, -0.05) is 37.3 Å². The molecule has 1 fully saturated rings. The number of nitrogens with zero attached hydrogens (tertiary/aromatic N) is 1. The fourth-order valence-electron chi connectivity index (χ4n) is 4.32. The molecule has 0 amide bonds. The van der Waals surface area contributed by atoms with Crippen molar-refractivity contribution in [1.82, 2.24) is 9.88 Å². The van der Waals surface area contributed by atoms with Crippen LogP contribution in [0.25, 0.3) is 22.2 Å². The van der Waals surface area contributed by atoms with Gasteiger partial charge in [-0.25, -0.2) is 8.42 Å². The molecule has 4 rings (SSSR count). The van der Waals surface area contributed by atoms with E-state index in [4.69, 9.17) is 0 Å². The smallest absolute Gasteiger partial charge is 0.382 e. The molecule has 2 aromatic carbocycles. The van der Waals surface area contributed by atoms with Crippen molar-refractivity contribution in [1.29, 1.82) is 0 Å². The average molecular weight is 480 g/mol. The summed E-state index contributed by atoms with van der Waals surface area (Å²) in [4.78, 5) is 0. The van der Waals surface area contributed by atoms with E-state index in [1.807, 2.05) is 37.3 Å². The number of fused-ring (bicyclic) bond motifs is 1. The van der Waals surface area contributed by atoms with E-state index < -0.39 is 22.6 Å². The second-order valence-electron chi connectivity index (χ2n) is 8.52. The second-order valence-corrected chi connectivity index (χ2v) is 10.8. The number of hydrogen-bond acceptors (Lipinski definition) is 4. The Morgan fingerprint density at radius 1 is 1.06 bits per heavy atom. The van der Waals surface area contributed by atoms with E-state index in [1.165, 1.54) is 4.57 Å². The van der Waals surface area contributed by atoms with Crippen LogP contribution in [0.3, 0.4) is 0 Å². The van der Waals surface area contributed by atoms with Gasteiger partial charge in [-0.3, -0.25) is 0 Å². The topological polar surface area (TPSA) is 63.1 Å². The number of anilines is 1. The summed E-state index contributed by atoms with van der Waals surface area (Å²) in [6.45, 7) is 2.47. The minimum absolute atomic E-state index is 0.0288. The van der Waals surface area contributed by atoms with Gasteiger partial charge >= 0.3 is 6.18 Å². The monoisotopic (exact) mass is 479 g/mol. The first-order valence-electron chi connectivity index (χ1n) is 11.1. The quantitative estimate of drug-likeness (QED) is 0.502. The van der Waals surface area contributed by atoms with Gasteiger partial charge in [0.25, 0.3) is 0 Å². The molecule has 0 bridgehead atoms. The molecule has 9 heteroatoms. The van der Waals surface area contributed by atoms with E-state index in [1.54, 1.807) is 18.2 Å². The van der Waals surface area contributed by atoms with Crippen molar-refractivity contribution in [3.05, 3.63) is 54.1 Å². The molecule has 33 heavy (non-hydrogen) atoms. The van der Waals surface area contributed by atoms with Crippen molar-refractivity contribution in [3.8, 4) is 11.3 Å². The standard InChI is InChI=1S/C24H28F3N3O2S/c1-2-28-15-17-6-8-18(9-7-17)23-14-20-21(29-19-10-12-33(31,32)13-11-19)4-3-5-22(20)30(23)16-24(25,26)27/h3-9,14,19,28-29H,2,10-13,15-16H2,1H3. The third-order valence-electron chi connectivity index (χ3n) is 6.03. The van der Waals surface area contributed by atoms with Crippen LogP contribution in [-0.2, 0) is 22.9 Å². The summed E-state index contributed by atoms with van der Waals surface area (Å²) in [6, 6.07) is 14.6. The van der Waals surface area contributed by atoms with Crippen LogP contribution < -0.4 is 10.6 Å². The summed E-state index contributed by atoms with van der Waals surface area (Å²) in [5, 5.41) is 7.32. The number of sulfone groups is 1. The molecule has 1 saturated heterocycles. The Morgan fingerprint density at radius 3 is 2.39 bits per heavy atom. The first-order chi connectivity index (χ1) is 15.6. The number of alkyl halides is 3. The molecule has 0 radical (unpaired) electrons. The summed E-state index contributed by atoms with van der Waals surface area (Å²) in [5.74, 6) is 0.250. The Balaban J connectivity index is 1.71. The molecule has 0 aliphatic carbocycles. The zero-order valence-corrected chi connectivity index (χ0v) is 19.3. The van der Waals surface area contributed by atoms with Gasteiger partial charge < -0.3 is 15.2 Å². The number of hydrogen-bond donors (Lipinski definition) is 2. The van der Waals surface area contributed by atoms with Gasteiger partial charge in [-0.05, 0) is 48.7 Å². The number of halogens is 3. The van der Waals surface area contributed by atoms with E-state index in [2.05, 4.69) is 10.6 Å². The Morgan fingerprint density at radius 2 is 1.76 bits per heavy atom. The zero-order chi connectivity index (χ0) is 23.6. The molecule has 0 atom stereocenters. The van der Waals surface area contributed by atoms with Crippen LogP contribution in [0, 0.1) is 0 Å². The highest BCUT2D eigenvalue weighted by Crippen LogP contribution is 2.35. The molecule has 0 spiro atoms. The average Bonchev–Trinajstić information content (AvgIpc) is 3.12. The van der Waals surface area contributed by atoms with Gasteiger partial charge in [0.1, 0.15) is 16.4 Å². The van der Waals surface area contributed by atoms with Crippen molar-refractivity contribution >= 4 is 26.4 Å². The van der Waals surface area contributed by atoms with E-state index in [0.29, 0.717) is 41.5 Å². The van der Waals surface area contributed by atoms with E-state index >= 15 is 0 Å². The molecule has 1 aliphatic rings. The van der Waals surface area contributed by atoms with Gasteiger partial charge in [-0.2, -0.15) is 13.2 Å². The molecule has 2 N–H and O–H groups in total. The normalized spacial score (nSPS) is 16.8. The van der Waals surface area contributed by atoms with Crippen molar-refractivity contribution in [2.75, 3.05) is 23.4 Å². The van der Waals surface area contributed by atoms with Crippen molar-refractivity contribution in [2.24, 2.45) is 0 Å². The largest absolute Gasteiger partial charge is 0.406 e. The number of benzene rings is 2. The highest BCUT2D eigenvalue weighted by Gasteiger charge is 2.31. The highest BCUT2D eigenvalue weighted by atomic mass is 32.2. The van der Waals surface area contributed by atoms with E-state index in [-0.39, 0.29) is 17.5 Å². The lowest BCUT2D eigenvalue weighted by atomic mass is 10.1. The Hall–Kier alpha value is -2.52. The molecular weight excluding hydrogens is 451 g/mol. The van der Waals surface area contributed by atoms with Gasteiger partial charge in [0.05, 0.1) is 17.0 Å². The molecule has 3 aromatic rings. The fraction of sp³-hybridized carbons (Fsp3) is 0.417. The van der Waals surface area contributed by atoms with Crippen LogP contribution in [0.2, 0.25) is 0 Å². The Bertz CT molecular complexity index is 1200. The van der Waals surface area contributed by atoms with Gasteiger partial charge in [0, 0.05) is 29.4 Å². The van der Waals surface area contributed by atoms with Crippen molar-refractivity contribution in [2.45, 2.75) is 45.1 Å². The van der Waals surface area contributed by atoms with Gasteiger partial charge in [0.2, 0.25) is 0 Å². The second kappa shape index (κ2) is 9.38. The summed E-state index contributed by atoms with van der Waals surface area (Å²) in [7, 11) is -2.99. The Labute approximate surface area is 191 Å². The number of nitrogens with one attached hydrogen (secondary N) is 2. The lowest BCUT2D eigenvalue weighted by molar-refractivity contribution is -0.139. The molecule has 1 aliphatic heterocycles. The zero-order valence-electron chi connectivity index (χ0n) is 18.5. The highest BCUT2D eigenvalue weighted by molar-refractivity contribution is 7.91. The van der Waals surface area contributed by atoms with E-state index in [0.717, 1.165) is 17.8 Å². The molecule has 0 saturated carbocycles. The van der Waals surface area contributed by atoms with Crippen LogP contribution in [0.4, 0.5) is 18.9 Å². The van der Waals surface area contributed by atoms with Crippen LogP contribution in [0.5, 0.6) is 0 Å². The summed E-state index contributed by atoms with van der Waals surface area (Å²) < 4.78 is 65.3. The first-order valence-corrected chi connectivity index (χ1v) is 12.9. The third-order valence-corrected chi connectivity index (χ3v) is 7.74. The molecule has 1 aromatic heterocycles. The molecule has 178 valence electrons. The molecule has 5 nitrogen and oxygen atoms in total. The number of aromatic nitrogens is 1. The molecular formula is C24H28F3N3O2S. The van der Waals surface area contributed by atoms with Crippen LogP contribution >= 0.6 is 0 Å².